The van der Waals surface area contributed by atoms with Crippen molar-refractivity contribution < 1.29 is 9.59 Å². The lowest BCUT2D eigenvalue weighted by molar-refractivity contribution is -0.128. The maximum Gasteiger partial charge on any atom is 0.223 e. The number of amides is 2. The van der Waals surface area contributed by atoms with Crippen molar-refractivity contribution in [3.63, 3.8) is 0 Å². The predicted octanol–water partition coefficient (Wildman–Crippen LogP) is -0.660. The Morgan fingerprint density at radius 2 is 2.45 bits per heavy atom. The van der Waals surface area contributed by atoms with Gasteiger partial charge in [0.05, 0.1) is 5.92 Å². The average Bonchev–Trinajstić information content (AvgIpc) is 2.31. The minimum atomic E-state index is -0.366. The summed E-state index contributed by atoms with van der Waals surface area (Å²) >= 11 is 0. The van der Waals surface area contributed by atoms with Gasteiger partial charge in [-0.15, -0.1) is 0 Å². The fourth-order valence-electron chi connectivity index (χ4n) is 1.27. The molecule has 1 saturated heterocycles. The molecular formula is C7H12N2O2. The van der Waals surface area contributed by atoms with Crippen LogP contribution in [0.1, 0.15) is 13.3 Å². The van der Waals surface area contributed by atoms with Crippen molar-refractivity contribution in [2.24, 2.45) is 11.7 Å². The first-order valence-electron chi connectivity index (χ1n) is 3.72. The van der Waals surface area contributed by atoms with E-state index in [-0.39, 0.29) is 17.7 Å². The minimum Gasteiger partial charge on any atom is -0.369 e. The highest BCUT2D eigenvalue weighted by Crippen LogP contribution is 2.16. The van der Waals surface area contributed by atoms with E-state index in [1.54, 1.807) is 4.90 Å². The van der Waals surface area contributed by atoms with E-state index < -0.39 is 0 Å². The standard InChI is InChI=1S/C7H12N2O2/c1-2-9-4-5(7(8)11)3-6(9)10/h5H,2-4H2,1H3,(H2,8,11)/t5-/m0/s1. The molecule has 4 nitrogen and oxygen atoms in total. The van der Waals surface area contributed by atoms with Crippen molar-refractivity contribution in [1.29, 1.82) is 0 Å². The molecule has 0 aromatic rings. The van der Waals surface area contributed by atoms with Crippen molar-refractivity contribution in [1.82, 2.24) is 4.90 Å². The number of hydrogen-bond donors (Lipinski definition) is 1. The second-order valence-corrected chi connectivity index (χ2v) is 2.74. The van der Waals surface area contributed by atoms with Crippen molar-refractivity contribution in [2.45, 2.75) is 13.3 Å². The first-order chi connectivity index (χ1) is 5.15. The van der Waals surface area contributed by atoms with Gasteiger partial charge in [-0.3, -0.25) is 9.59 Å². The van der Waals surface area contributed by atoms with Gasteiger partial charge in [-0.1, -0.05) is 0 Å². The van der Waals surface area contributed by atoms with Crippen LogP contribution in [0.2, 0.25) is 0 Å². The van der Waals surface area contributed by atoms with Crippen LogP contribution in [0.3, 0.4) is 0 Å². The van der Waals surface area contributed by atoms with Gasteiger partial charge >= 0.3 is 0 Å². The normalized spacial score (nSPS) is 24.3. The van der Waals surface area contributed by atoms with Crippen molar-refractivity contribution in [3.05, 3.63) is 0 Å². The highest BCUT2D eigenvalue weighted by molar-refractivity contribution is 5.88. The minimum absolute atomic E-state index is 0.0382. The molecule has 1 heterocycles. The van der Waals surface area contributed by atoms with E-state index in [1.165, 1.54) is 0 Å². The van der Waals surface area contributed by atoms with Crippen molar-refractivity contribution in [2.75, 3.05) is 13.1 Å². The molecule has 0 aromatic carbocycles. The second-order valence-electron chi connectivity index (χ2n) is 2.74. The zero-order valence-electron chi connectivity index (χ0n) is 6.54. The number of nitrogens with two attached hydrogens (primary N) is 1. The molecule has 0 aliphatic carbocycles. The molecule has 1 atom stereocenters. The second kappa shape index (κ2) is 2.90. The molecule has 1 fully saturated rings. The first-order valence-corrected chi connectivity index (χ1v) is 3.72. The summed E-state index contributed by atoms with van der Waals surface area (Å²) in [5, 5.41) is 0. The summed E-state index contributed by atoms with van der Waals surface area (Å²) in [6.07, 6.45) is 0.295. The smallest absolute Gasteiger partial charge is 0.223 e. The van der Waals surface area contributed by atoms with E-state index in [9.17, 15) is 9.59 Å². The molecule has 11 heavy (non-hydrogen) atoms. The first kappa shape index (κ1) is 8.04. The van der Waals surface area contributed by atoms with Gasteiger partial charge in [0, 0.05) is 19.5 Å². The van der Waals surface area contributed by atoms with Crippen LogP contribution in [0.5, 0.6) is 0 Å². The molecule has 62 valence electrons. The topological polar surface area (TPSA) is 63.4 Å². The summed E-state index contributed by atoms with van der Waals surface area (Å²) in [6.45, 7) is 3.06. The lowest BCUT2D eigenvalue weighted by Gasteiger charge is -2.11. The Balaban J connectivity index is 2.56. The summed E-state index contributed by atoms with van der Waals surface area (Å²) in [5.41, 5.74) is 5.06. The van der Waals surface area contributed by atoms with Crippen LogP contribution in [-0.4, -0.2) is 29.8 Å². The van der Waals surface area contributed by atoms with Crippen LogP contribution >= 0.6 is 0 Å². The molecule has 1 aliphatic rings. The summed E-state index contributed by atoms with van der Waals surface area (Å²) in [7, 11) is 0. The van der Waals surface area contributed by atoms with Gasteiger partial charge in [-0.05, 0) is 6.92 Å². The van der Waals surface area contributed by atoms with Crippen LogP contribution in [0.4, 0.5) is 0 Å². The van der Waals surface area contributed by atoms with Gasteiger partial charge in [0.25, 0.3) is 0 Å². The third-order valence-electron chi connectivity index (χ3n) is 2.00. The fourth-order valence-corrected chi connectivity index (χ4v) is 1.27. The predicted molar refractivity (Wildman–Crippen MR) is 39.6 cm³/mol. The molecule has 0 bridgehead atoms. The van der Waals surface area contributed by atoms with Crippen LogP contribution in [0.15, 0.2) is 0 Å². The highest BCUT2D eigenvalue weighted by Gasteiger charge is 2.31. The van der Waals surface area contributed by atoms with Crippen molar-refractivity contribution >= 4 is 11.8 Å². The van der Waals surface area contributed by atoms with E-state index in [0.29, 0.717) is 19.5 Å². The third kappa shape index (κ3) is 1.50. The monoisotopic (exact) mass is 156 g/mol. The Kier molecular flexibility index (Phi) is 2.12. The quantitative estimate of drug-likeness (QED) is 0.577. The number of nitrogens with zero attached hydrogens (tertiary/aromatic N) is 1. The van der Waals surface area contributed by atoms with Crippen LogP contribution < -0.4 is 5.73 Å². The molecule has 0 saturated carbocycles. The third-order valence-corrected chi connectivity index (χ3v) is 2.00. The van der Waals surface area contributed by atoms with Crippen molar-refractivity contribution in [3.8, 4) is 0 Å². The maximum absolute atomic E-state index is 11.0. The highest BCUT2D eigenvalue weighted by atomic mass is 16.2. The van der Waals surface area contributed by atoms with Gasteiger partial charge in [-0.25, -0.2) is 0 Å². The summed E-state index contributed by atoms with van der Waals surface area (Å²) < 4.78 is 0. The van der Waals surface area contributed by atoms with Gasteiger partial charge in [0.1, 0.15) is 0 Å². The summed E-state index contributed by atoms with van der Waals surface area (Å²) in [4.78, 5) is 23.3. The van der Waals surface area contributed by atoms with Gasteiger partial charge in [0.2, 0.25) is 11.8 Å². The average molecular weight is 156 g/mol. The molecule has 0 aromatic heterocycles. The Morgan fingerprint density at radius 3 is 2.73 bits per heavy atom. The van der Waals surface area contributed by atoms with Crippen LogP contribution in [-0.2, 0) is 9.59 Å². The lowest BCUT2D eigenvalue weighted by atomic mass is 10.1. The fraction of sp³-hybridized carbons (Fsp3) is 0.714. The zero-order valence-corrected chi connectivity index (χ0v) is 6.54. The van der Waals surface area contributed by atoms with Gasteiger partial charge in [-0.2, -0.15) is 0 Å². The lowest BCUT2D eigenvalue weighted by Crippen LogP contribution is -2.28. The Morgan fingerprint density at radius 1 is 1.82 bits per heavy atom. The molecule has 2 N–H and O–H groups in total. The van der Waals surface area contributed by atoms with E-state index in [1.807, 2.05) is 6.92 Å². The number of hydrogen-bond acceptors (Lipinski definition) is 2. The Labute approximate surface area is 65.3 Å². The van der Waals surface area contributed by atoms with Crippen LogP contribution in [0.25, 0.3) is 0 Å². The molecule has 4 heteroatoms. The molecule has 1 rings (SSSR count). The Bertz CT molecular complexity index is 191. The number of rotatable bonds is 2. The maximum atomic E-state index is 11.0. The number of carbonyl (C=O) groups excluding carboxylic acids is 2. The number of primary amides is 1. The molecule has 1 aliphatic heterocycles. The number of likely N-dealkylation sites (tertiary alicyclic amines) is 1. The number of carbonyl (C=O) groups is 2. The molecule has 0 unspecified atom stereocenters. The zero-order chi connectivity index (χ0) is 8.43. The van der Waals surface area contributed by atoms with E-state index in [0.717, 1.165) is 0 Å². The largest absolute Gasteiger partial charge is 0.369 e. The molecule has 2 amide bonds. The van der Waals surface area contributed by atoms with E-state index in [4.69, 9.17) is 5.73 Å². The van der Waals surface area contributed by atoms with Crippen LogP contribution in [0, 0.1) is 5.92 Å². The SMILES string of the molecule is CCN1C[C@@H](C(N)=O)CC1=O. The van der Waals surface area contributed by atoms with Gasteiger partial charge in [0.15, 0.2) is 0 Å². The molecular weight excluding hydrogens is 144 g/mol. The molecule has 0 radical (unpaired) electrons. The molecule has 0 spiro atoms. The van der Waals surface area contributed by atoms with E-state index in [2.05, 4.69) is 0 Å². The Hall–Kier alpha value is -1.06. The summed E-state index contributed by atoms with van der Waals surface area (Å²) in [5.74, 6) is -0.590. The summed E-state index contributed by atoms with van der Waals surface area (Å²) in [6, 6.07) is 0. The van der Waals surface area contributed by atoms with Gasteiger partial charge < -0.3 is 10.6 Å². The van der Waals surface area contributed by atoms with E-state index >= 15 is 0 Å².